The molecule has 4 nitrogen and oxygen atoms in total. The van der Waals surface area contributed by atoms with E-state index in [1.54, 1.807) is 12.2 Å². The molecule has 0 aliphatic carbocycles. The lowest BCUT2D eigenvalue weighted by Gasteiger charge is -2.22. The fourth-order valence-electron chi connectivity index (χ4n) is 1.79. The van der Waals surface area contributed by atoms with Gasteiger partial charge in [0.05, 0.1) is 5.75 Å². The first-order valence-corrected chi connectivity index (χ1v) is 8.19. The summed E-state index contributed by atoms with van der Waals surface area (Å²) in [7, 11) is -3.75. The molecule has 124 valence electrons. The summed E-state index contributed by atoms with van der Waals surface area (Å²) in [4.78, 5) is 11.6. The van der Waals surface area contributed by atoms with Crippen LogP contribution in [0, 0.1) is 5.82 Å². The molecule has 1 atom stereocenters. The molecule has 0 saturated carbocycles. The Labute approximate surface area is 125 Å². The first-order chi connectivity index (χ1) is 10.0. The van der Waals surface area contributed by atoms with Crippen LogP contribution in [0.15, 0.2) is 24.3 Å². The predicted octanol–water partition coefficient (Wildman–Crippen LogP) is 2.37. The number of alkyl halides is 3. The topological polar surface area (TPSA) is 63.2 Å². The third-order valence-electron chi connectivity index (χ3n) is 2.70. The van der Waals surface area contributed by atoms with Crippen molar-refractivity contribution in [3.05, 3.63) is 35.6 Å². The number of amides is 1. The van der Waals surface area contributed by atoms with Crippen molar-refractivity contribution in [3.63, 3.8) is 0 Å². The van der Waals surface area contributed by atoms with Gasteiger partial charge in [0.2, 0.25) is 5.91 Å². The van der Waals surface area contributed by atoms with Crippen molar-refractivity contribution in [2.45, 2.75) is 25.6 Å². The molecule has 1 N–H and O–H groups in total. The summed E-state index contributed by atoms with van der Waals surface area (Å²) >= 11 is 0. The van der Waals surface area contributed by atoms with Gasteiger partial charge in [-0.2, -0.15) is 13.2 Å². The second kappa shape index (κ2) is 7.08. The van der Waals surface area contributed by atoms with Crippen LogP contribution < -0.4 is 5.32 Å². The highest BCUT2D eigenvalue weighted by molar-refractivity contribution is 7.92. The Morgan fingerprint density at radius 1 is 1.23 bits per heavy atom. The average molecular weight is 341 g/mol. The minimum absolute atomic E-state index is 0.260. The van der Waals surface area contributed by atoms with Crippen LogP contribution in [-0.2, 0) is 14.6 Å². The Morgan fingerprint density at radius 2 is 1.77 bits per heavy atom. The molecule has 0 heterocycles. The highest BCUT2D eigenvalue weighted by atomic mass is 32.2. The SMILES string of the molecule is CCCS(=O)(=O)CC(=O)N[C@H](c1ccc(F)cc1)C(F)(F)F. The van der Waals surface area contributed by atoms with Crippen LogP contribution in [0.4, 0.5) is 17.6 Å². The van der Waals surface area contributed by atoms with E-state index in [2.05, 4.69) is 0 Å². The second-order valence-electron chi connectivity index (χ2n) is 4.69. The summed E-state index contributed by atoms with van der Waals surface area (Å²) in [5.41, 5.74) is -0.380. The van der Waals surface area contributed by atoms with Gasteiger partial charge in [0.15, 0.2) is 15.9 Å². The van der Waals surface area contributed by atoms with E-state index < -0.39 is 39.5 Å². The molecule has 0 aliphatic heterocycles. The van der Waals surface area contributed by atoms with E-state index in [4.69, 9.17) is 0 Å². The maximum absolute atomic E-state index is 13.0. The van der Waals surface area contributed by atoms with E-state index in [0.29, 0.717) is 0 Å². The lowest BCUT2D eigenvalue weighted by atomic mass is 10.1. The van der Waals surface area contributed by atoms with Gasteiger partial charge in [-0.3, -0.25) is 4.79 Å². The third kappa shape index (κ3) is 5.63. The van der Waals surface area contributed by atoms with Crippen LogP contribution >= 0.6 is 0 Å². The van der Waals surface area contributed by atoms with Gasteiger partial charge in [-0.05, 0) is 24.1 Å². The van der Waals surface area contributed by atoms with Gasteiger partial charge in [0.1, 0.15) is 11.6 Å². The van der Waals surface area contributed by atoms with Crippen molar-refractivity contribution in [2.75, 3.05) is 11.5 Å². The number of halogens is 4. The van der Waals surface area contributed by atoms with Gasteiger partial charge >= 0.3 is 6.18 Å². The quantitative estimate of drug-likeness (QED) is 0.808. The second-order valence-corrected chi connectivity index (χ2v) is 6.87. The molecule has 0 aromatic heterocycles. The van der Waals surface area contributed by atoms with E-state index in [1.807, 2.05) is 0 Å². The highest BCUT2D eigenvalue weighted by Gasteiger charge is 2.42. The van der Waals surface area contributed by atoms with Gasteiger partial charge in [-0.25, -0.2) is 12.8 Å². The Hall–Kier alpha value is -1.64. The summed E-state index contributed by atoms with van der Waals surface area (Å²) in [6.07, 6.45) is -4.57. The number of benzene rings is 1. The van der Waals surface area contributed by atoms with Crippen LogP contribution in [0.3, 0.4) is 0 Å². The van der Waals surface area contributed by atoms with E-state index in [1.165, 1.54) is 0 Å². The van der Waals surface area contributed by atoms with Gasteiger partial charge in [0.25, 0.3) is 0 Å². The molecule has 1 rings (SSSR count). The smallest absolute Gasteiger partial charge is 0.340 e. The van der Waals surface area contributed by atoms with Gasteiger partial charge in [-0.15, -0.1) is 0 Å². The van der Waals surface area contributed by atoms with Gasteiger partial charge in [-0.1, -0.05) is 19.1 Å². The van der Waals surface area contributed by atoms with Gasteiger partial charge < -0.3 is 5.32 Å². The van der Waals surface area contributed by atoms with E-state index >= 15 is 0 Å². The molecule has 0 saturated heterocycles. The largest absolute Gasteiger partial charge is 0.412 e. The molecule has 9 heteroatoms. The monoisotopic (exact) mass is 341 g/mol. The normalized spacial score (nSPS) is 13.7. The first kappa shape index (κ1) is 18.4. The molecule has 22 heavy (non-hydrogen) atoms. The Morgan fingerprint density at radius 3 is 2.23 bits per heavy atom. The van der Waals surface area contributed by atoms with Crippen LogP contribution in [0.25, 0.3) is 0 Å². The molecule has 0 fully saturated rings. The summed E-state index contributed by atoms with van der Waals surface area (Å²) in [5.74, 6) is -3.27. The number of rotatable bonds is 6. The fraction of sp³-hybridized carbons (Fsp3) is 0.462. The Bertz CT molecular complexity index is 611. The lowest BCUT2D eigenvalue weighted by molar-refractivity contribution is -0.162. The maximum Gasteiger partial charge on any atom is 0.412 e. The maximum atomic E-state index is 13.0. The summed E-state index contributed by atoms with van der Waals surface area (Å²) < 4.78 is 74.7. The highest BCUT2D eigenvalue weighted by Crippen LogP contribution is 2.32. The van der Waals surface area contributed by atoms with Crippen molar-refractivity contribution >= 4 is 15.7 Å². The number of sulfone groups is 1. The zero-order valence-corrected chi connectivity index (χ0v) is 12.5. The van der Waals surface area contributed by atoms with Crippen molar-refractivity contribution in [1.82, 2.24) is 5.32 Å². The van der Waals surface area contributed by atoms with Crippen molar-refractivity contribution in [3.8, 4) is 0 Å². The van der Waals surface area contributed by atoms with Crippen LogP contribution in [0.5, 0.6) is 0 Å². The van der Waals surface area contributed by atoms with E-state index in [0.717, 1.165) is 24.3 Å². The number of nitrogens with one attached hydrogen (secondary N) is 1. The van der Waals surface area contributed by atoms with Crippen LogP contribution in [-0.4, -0.2) is 32.0 Å². The summed E-state index contributed by atoms with van der Waals surface area (Å²) in [6.45, 7) is 1.58. The third-order valence-corrected chi connectivity index (χ3v) is 4.43. The summed E-state index contributed by atoms with van der Waals surface area (Å²) in [5, 5.41) is 1.64. The van der Waals surface area contributed by atoms with Gasteiger partial charge in [0, 0.05) is 0 Å². The predicted molar refractivity (Wildman–Crippen MR) is 72.3 cm³/mol. The molecule has 1 amide bonds. The number of hydrogen-bond donors (Lipinski definition) is 1. The fourth-order valence-corrected chi connectivity index (χ4v) is 3.04. The zero-order valence-electron chi connectivity index (χ0n) is 11.7. The molecule has 0 radical (unpaired) electrons. The van der Waals surface area contributed by atoms with E-state index in [-0.39, 0.29) is 17.7 Å². The van der Waals surface area contributed by atoms with E-state index in [9.17, 15) is 30.8 Å². The van der Waals surface area contributed by atoms with Crippen LogP contribution in [0.1, 0.15) is 24.9 Å². The molecule has 1 aromatic rings. The first-order valence-electron chi connectivity index (χ1n) is 6.37. The number of carbonyl (C=O) groups is 1. The van der Waals surface area contributed by atoms with Crippen LogP contribution in [0.2, 0.25) is 0 Å². The lowest BCUT2D eigenvalue weighted by Crippen LogP contribution is -2.41. The Balaban J connectivity index is 2.92. The molecular formula is C13H15F4NO3S. The van der Waals surface area contributed by atoms with Crippen molar-refractivity contribution in [2.24, 2.45) is 0 Å². The zero-order chi connectivity index (χ0) is 17.0. The Kier molecular flexibility index (Phi) is 5.92. The molecule has 0 unspecified atom stereocenters. The standard InChI is InChI=1S/C13H15F4NO3S/c1-2-7-22(20,21)8-11(19)18-12(13(15,16)17)9-3-5-10(14)6-4-9/h3-6,12H,2,7-8H2,1H3,(H,18,19)/t12-/m1/s1. The average Bonchev–Trinajstić information content (AvgIpc) is 2.35. The minimum Gasteiger partial charge on any atom is -0.340 e. The molecule has 0 bridgehead atoms. The molecular weight excluding hydrogens is 326 g/mol. The number of carbonyl (C=O) groups excluding carboxylic acids is 1. The minimum atomic E-state index is -4.83. The molecule has 1 aromatic carbocycles. The summed E-state index contributed by atoms with van der Waals surface area (Å²) in [6, 6.07) is 1.03. The molecule has 0 spiro atoms. The number of hydrogen-bond acceptors (Lipinski definition) is 3. The van der Waals surface area contributed by atoms with Crippen molar-refractivity contribution in [1.29, 1.82) is 0 Å². The van der Waals surface area contributed by atoms with Crippen molar-refractivity contribution < 1.29 is 30.8 Å². The molecule has 0 aliphatic rings.